The molecule has 600 valence electrons. The zero-order chi connectivity index (χ0) is 74.6. The fraction of sp³-hybridized carbons (Fsp3) is 0.951. The SMILES string of the molecule is CCC(C)CCCCCCCCCCCCCCCCC(=O)OC[C@H](COP(=O)(O)OC[C@@H](O)COP(=O)(O)OC[C@@H](COC(=O)CCCCCCCCC(C)C)OC(=O)CCCCCCCCCCCCCCCCC(C)CC)OC(=O)CCCCCCCCCCCCCCCC(C)C. The normalized spacial score (nSPS) is 14.5. The standard InChI is InChI=1S/C82H160O17P2/c1-9-74(7)60-52-44-35-29-23-17-11-13-19-25-31-37-46-54-62-79(84)92-68-77(98-81(86)65-57-49-39-33-27-21-15-16-22-28-34-42-50-58-72(3)4)70-96-100(88,89)94-66-76(83)67-95-101(90,91)97-71-78(69-93-80(85)63-55-47-41-40-43-51-59-73(5)6)99-82(87)64-56-48-38-32-26-20-14-12-18-24-30-36-45-53-61-75(8)10-2/h72-78,83H,9-71H2,1-8H3,(H,88,89)(H,90,91)/t74?,75?,76-,77-,78-/m1/s1. The van der Waals surface area contributed by atoms with Crippen molar-refractivity contribution in [3.8, 4) is 0 Å². The predicted molar refractivity (Wildman–Crippen MR) is 414 cm³/mol. The second kappa shape index (κ2) is 71.0. The summed E-state index contributed by atoms with van der Waals surface area (Å²) in [6.07, 6.45) is 58.3. The molecule has 4 unspecified atom stereocenters. The number of aliphatic hydroxyl groups excluding tert-OH is 1. The van der Waals surface area contributed by atoms with E-state index in [9.17, 15) is 43.2 Å². The predicted octanol–water partition coefficient (Wildman–Crippen LogP) is 24.4. The maximum atomic E-state index is 13.1. The number of rotatable bonds is 79. The summed E-state index contributed by atoms with van der Waals surface area (Å²) in [6.45, 7) is 14.3. The first-order valence-corrected chi connectivity index (χ1v) is 45.3. The van der Waals surface area contributed by atoms with E-state index < -0.39 is 97.5 Å². The Bertz CT molecular complexity index is 1980. The molecule has 0 aromatic heterocycles. The summed E-state index contributed by atoms with van der Waals surface area (Å²) in [6, 6.07) is 0. The maximum absolute atomic E-state index is 13.1. The minimum atomic E-state index is -4.96. The maximum Gasteiger partial charge on any atom is 0.472 e. The van der Waals surface area contributed by atoms with Crippen LogP contribution < -0.4 is 0 Å². The van der Waals surface area contributed by atoms with Crippen molar-refractivity contribution in [3.63, 3.8) is 0 Å². The third kappa shape index (κ3) is 73.4. The van der Waals surface area contributed by atoms with Crippen LogP contribution in [0.15, 0.2) is 0 Å². The Morgan fingerprint density at radius 3 is 0.703 bits per heavy atom. The van der Waals surface area contributed by atoms with Crippen molar-refractivity contribution in [2.45, 2.75) is 440 Å². The molecule has 0 aromatic rings. The molecule has 0 saturated carbocycles. The van der Waals surface area contributed by atoms with Crippen LogP contribution in [0.5, 0.6) is 0 Å². The molecule has 101 heavy (non-hydrogen) atoms. The van der Waals surface area contributed by atoms with Crippen LogP contribution in [0.3, 0.4) is 0 Å². The minimum absolute atomic E-state index is 0.106. The van der Waals surface area contributed by atoms with Gasteiger partial charge in [-0.1, -0.05) is 370 Å². The lowest BCUT2D eigenvalue weighted by molar-refractivity contribution is -0.161. The summed E-state index contributed by atoms with van der Waals surface area (Å²) in [5, 5.41) is 10.6. The first-order chi connectivity index (χ1) is 48.7. The molecule has 0 amide bonds. The average molecular weight is 1480 g/mol. The minimum Gasteiger partial charge on any atom is -0.462 e. The van der Waals surface area contributed by atoms with Gasteiger partial charge in [0, 0.05) is 25.7 Å². The molecule has 0 fully saturated rings. The lowest BCUT2D eigenvalue weighted by Crippen LogP contribution is -2.30. The van der Waals surface area contributed by atoms with Crippen LogP contribution >= 0.6 is 15.6 Å². The van der Waals surface area contributed by atoms with E-state index in [-0.39, 0.29) is 25.7 Å². The third-order valence-corrected chi connectivity index (χ3v) is 21.7. The van der Waals surface area contributed by atoms with E-state index in [4.69, 9.17) is 37.0 Å². The average Bonchev–Trinajstić information content (AvgIpc) is 0.958. The van der Waals surface area contributed by atoms with Gasteiger partial charge < -0.3 is 33.8 Å². The molecule has 0 saturated heterocycles. The van der Waals surface area contributed by atoms with Gasteiger partial charge in [0.2, 0.25) is 0 Å². The molecule has 0 radical (unpaired) electrons. The van der Waals surface area contributed by atoms with Crippen LogP contribution in [0.2, 0.25) is 0 Å². The van der Waals surface area contributed by atoms with Gasteiger partial charge >= 0.3 is 39.5 Å². The Balaban J connectivity index is 5.23. The zero-order valence-corrected chi connectivity index (χ0v) is 68.3. The molecular weight excluding hydrogens is 1320 g/mol. The van der Waals surface area contributed by atoms with Crippen LogP contribution in [0, 0.1) is 23.7 Å². The molecule has 0 bridgehead atoms. The van der Waals surface area contributed by atoms with Crippen molar-refractivity contribution in [2.24, 2.45) is 23.7 Å². The Morgan fingerprint density at radius 1 is 0.277 bits per heavy atom. The van der Waals surface area contributed by atoms with E-state index in [2.05, 4.69) is 55.4 Å². The molecule has 0 aliphatic carbocycles. The van der Waals surface area contributed by atoms with Crippen molar-refractivity contribution < 1.29 is 80.2 Å². The number of aliphatic hydroxyl groups is 1. The van der Waals surface area contributed by atoms with Crippen molar-refractivity contribution in [2.75, 3.05) is 39.6 Å². The molecule has 0 aliphatic rings. The highest BCUT2D eigenvalue weighted by Crippen LogP contribution is 2.45. The van der Waals surface area contributed by atoms with Crippen LogP contribution in [0.4, 0.5) is 0 Å². The van der Waals surface area contributed by atoms with Gasteiger partial charge in [0.25, 0.3) is 0 Å². The fourth-order valence-corrected chi connectivity index (χ4v) is 14.1. The highest BCUT2D eigenvalue weighted by Gasteiger charge is 2.30. The van der Waals surface area contributed by atoms with E-state index >= 15 is 0 Å². The molecule has 0 spiro atoms. The largest absolute Gasteiger partial charge is 0.472 e. The molecule has 0 heterocycles. The number of phosphoric acid groups is 2. The van der Waals surface area contributed by atoms with Gasteiger partial charge in [-0.3, -0.25) is 37.3 Å². The van der Waals surface area contributed by atoms with Crippen LogP contribution in [-0.4, -0.2) is 96.7 Å². The topological polar surface area (TPSA) is 237 Å². The van der Waals surface area contributed by atoms with Crippen molar-refractivity contribution in [1.29, 1.82) is 0 Å². The Hall–Kier alpha value is -1.94. The number of carbonyl (C=O) groups is 4. The monoisotopic (exact) mass is 1480 g/mol. The van der Waals surface area contributed by atoms with Gasteiger partial charge in [0.15, 0.2) is 12.2 Å². The summed E-state index contributed by atoms with van der Waals surface area (Å²) < 4.78 is 68.7. The Labute approximate surface area is 619 Å². The van der Waals surface area contributed by atoms with Gasteiger partial charge in [0.1, 0.15) is 19.3 Å². The highest BCUT2D eigenvalue weighted by molar-refractivity contribution is 7.47. The second-order valence-electron chi connectivity index (χ2n) is 31.0. The van der Waals surface area contributed by atoms with Crippen LogP contribution in [0.1, 0.15) is 421 Å². The molecule has 0 aliphatic heterocycles. The molecule has 0 aromatic carbocycles. The first kappa shape index (κ1) is 99.1. The number of esters is 4. The summed E-state index contributed by atoms with van der Waals surface area (Å²) in [5.74, 6) is 1.05. The second-order valence-corrected chi connectivity index (χ2v) is 33.9. The fourth-order valence-electron chi connectivity index (χ4n) is 12.5. The lowest BCUT2D eigenvalue weighted by atomic mass is 9.99. The van der Waals surface area contributed by atoms with E-state index in [1.807, 2.05) is 0 Å². The number of ether oxygens (including phenoxy) is 4. The highest BCUT2D eigenvalue weighted by atomic mass is 31.2. The van der Waals surface area contributed by atoms with Crippen molar-refractivity contribution in [1.82, 2.24) is 0 Å². The van der Waals surface area contributed by atoms with Crippen molar-refractivity contribution in [3.05, 3.63) is 0 Å². The smallest absolute Gasteiger partial charge is 0.462 e. The van der Waals surface area contributed by atoms with Crippen molar-refractivity contribution >= 4 is 39.5 Å². The van der Waals surface area contributed by atoms with Gasteiger partial charge in [-0.05, 0) is 49.4 Å². The number of unbranched alkanes of at least 4 members (excludes halogenated alkanes) is 43. The summed E-state index contributed by atoms with van der Waals surface area (Å²) >= 11 is 0. The van der Waals surface area contributed by atoms with E-state index in [1.54, 1.807) is 0 Å². The summed E-state index contributed by atoms with van der Waals surface area (Å²) in [4.78, 5) is 73.0. The molecule has 17 nitrogen and oxygen atoms in total. The zero-order valence-electron chi connectivity index (χ0n) is 66.5. The van der Waals surface area contributed by atoms with Gasteiger partial charge in [0.05, 0.1) is 26.4 Å². The molecule has 7 atom stereocenters. The van der Waals surface area contributed by atoms with E-state index in [0.717, 1.165) is 114 Å². The first-order valence-electron chi connectivity index (χ1n) is 42.3. The third-order valence-electron chi connectivity index (χ3n) is 19.8. The molecule has 19 heteroatoms. The number of phosphoric ester groups is 2. The van der Waals surface area contributed by atoms with Crippen LogP contribution in [0.25, 0.3) is 0 Å². The van der Waals surface area contributed by atoms with E-state index in [0.29, 0.717) is 31.6 Å². The quantitative estimate of drug-likeness (QED) is 0.0222. The number of hydrogen-bond donors (Lipinski definition) is 3. The van der Waals surface area contributed by atoms with Gasteiger partial charge in [-0.15, -0.1) is 0 Å². The van der Waals surface area contributed by atoms with Crippen LogP contribution in [-0.2, 0) is 65.4 Å². The lowest BCUT2D eigenvalue weighted by Gasteiger charge is -2.21. The Morgan fingerprint density at radius 2 is 0.475 bits per heavy atom. The van der Waals surface area contributed by atoms with E-state index in [1.165, 1.54) is 218 Å². The number of hydrogen-bond acceptors (Lipinski definition) is 15. The summed E-state index contributed by atoms with van der Waals surface area (Å²) in [5.41, 5.74) is 0. The molecule has 3 N–H and O–H groups in total. The Kier molecular flexibility index (Phi) is 69.6. The van der Waals surface area contributed by atoms with Gasteiger partial charge in [-0.25, -0.2) is 9.13 Å². The summed E-state index contributed by atoms with van der Waals surface area (Å²) in [7, 11) is -9.92. The van der Waals surface area contributed by atoms with Gasteiger partial charge in [-0.2, -0.15) is 0 Å². The molecule has 0 rings (SSSR count). The number of carbonyl (C=O) groups excluding carboxylic acids is 4. The molecular formula is C82H160O17P2.